The molecule has 2 saturated heterocycles. The van der Waals surface area contributed by atoms with Gasteiger partial charge in [0.15, 0.2) is 6.10 Å². The first-order chi connectivity index (χ1) is 14.6. The van der Waals surface area contributed by atoms with Crippen molar-refractivity contribution in [2.24, 2.45) is 11.8 Å². The van der Waals surface area contributed by atoms with Crippen LogP contribution >= 0.6 is 0 Å². The average molecular weight is 442 g/mol. The van der Waals surface area contributed by atoms with Crippen molar-refractivity contribution in [3.05, 3.63) is 0 Å². The maximum atomic E-state index is 13.2. The lowest BCUT2D eigenvalue weighted by Crippen LogP contribution is -2.51. The lowest BCUT2D eigenvalue weighted by atomic mass is 9.97. The molecule has 178 valence electrons. The molecule has 0 spiro atoms. The lowest BCUT2D eigenvalue weighted by molar-refractivity contribution is -0.176. The number of aliphatic hydroxyl groups is 2. The standard InChI is InChI=1S/C23H39NO7/c1-5-6-7-8-9-10-19-15(4)23(29)31-21(14(2)3)22(28)24-13-16(25)11-17(24)18(26)12-20(27)30-19/h14-19,21,25-26H,5-13H2,1-4H3/t15-,16+,17-,18+,19-,21-/m0/s1. The van der Waals surface area contributed by atoms with Gasteiger partial charge in [-0.15, -0.1) is 0 Å². The molecule has 0 aromatic rings. The fourth-order valence-electron chi connectivity index (χ4n) is 4.36. The van der Waals surface area contributed by atoms with Crippen molar-refractivity contribution in [3.63, 3.8) is 0 Å². The number of aliphatic hydroxyl groups excluding tert-OH is 2. The van der Waals surface area contributed by atoms with Gasteiger partial charge >= 0.3 is 11.9 Å². The quantitative estimate of drug-likeness (QED) is 0.460. The molecule has 2 fully saturated rings. The highest BCUT2D eigenvalue weighted by Crippen LogP contribution is 2.28. The zero-order chi connectivity index (χ0) is 23.1. The third kappa shape index (κ3) is 6.91. The molecule has 2 rings (SSSR count). The first-order valence-corrected chi connectivity index (χ1v) is 11.7. The van der Waals surface area contributed by atoms with Crippen LogP contribution in [-0.4, -0.2) is 70.0 Å². The molecule has 0 aliphatic carbocycles. The minimum Gasteiger partial charge on any atom is -0.461 e. The Morgan fingerprint density at radius 3 is 2.39 bits per heavy atom. The molecule has 31 heavy (non-hydrogen) atoms. The maximum absolute atomic E-state index is 13.2. The van der Waals surface area contributed by atoms with Gasteiger partial charge in [0.05, 0.1) is 30.6 Å². The Balaban J connectivity index is 2.23. The normalized spacial score (nSPS) is 32.9. The Kier molecular flexibility index (Phi) is 9.75. The van der Waals surface area contributed by atoms with Crippen LogP contribution in [0.4, 0.5) is 0 Å². The Labute approximate surface area is 185 Å². The lowest BCUT2D eigenvalue weighted by Gasteiger charge is -2.34. The van der Waals surface area contributed by atoms with E-state index in [4.69, 9.17) is 9.47 Å². The molecule has 6 atom stereocenters. The second-order valence-corrected chi connectivity index (χ2v) is 9.34. The van der Waals surface area contributed by atoms with Gasteiger partial charge < -0.3 is 24.6 Å². The zero-order valence-electron chi connectivity index (χ0n) is 19.3. The first kappa shape index (κ1) is 25.6. The Morgan fingerprint density at radius 2 is 1.74 bits per heavy atom. The predicted molar refractivity (Wildman–Crippen MR) is 114 cm³/mol. The monoisotopic (exact) mass is 441 g/mol. The minimum absolute atomic E-state index is 0.0340. The average Bonchev–Trinajstić information content (AvgIpc) is 3.10. The van der Waals surface area contributed by atoms with Gasteiger partial charge in [-0.1, -0.05) is 46.5 Å². The number of hydrogen-bond donors (Lipinski definition) is 2. The Morgan fingerprint density at radius 1 is 1.06 bits per heavy atom. The van der Waals surface area contributed by atoms with Gasteiger partial charge in [-0.25, -0.2) is 0 Å². The van der Waals surface area contributed by atoms with Crippen LogP contribution in [0.2, 0.25) is 0 Å². The third-order valence-electron chi connectivity index (χ3n) is 6.32. The van der Waals surface area contributed by atoms with Crippen molar-refractivity contribution in [2.75, 3.05) is 6.54 Å². The maximum Gasteiger partial charge on any atom is 0.313 e. The fraction of sp³-hybridized carbons (Fsp3) is 0.870. The van der Waals surface area contributed by atoms with Crippen LogP contribution in [0.3, 0.4) is 0 Å². The van der Waals surface area contributed by atoms with E-state index in [0.717, 1.165) is 32.1 Å². The highest BCUT2D eigenvalue weighted by Gasteiger charge is 2.44. The number of ether oxygens (including phenoxy) is 2. The predicted octanol–water partition coefficient (Wildman–Crippen LogP) is 2.19. The molecule has 0 aromatic carbocycles. The number of fused-ring (bicyclic) bond motifs is 1. The SMILES string of the molecule is CCCCCCC[C@@H]1OC(=O)C[C@@H](O)[C@@H]2C[C@@H](O)CN2C(=O)[C@H](C(C)C)OC(=O)[C@H]1C. The molecule has 0 bridgehead atoms. The van der Waals surface area contributed by atoms with E-state index >= 15 is 0 Å². The van der Waals surface area contributed by atoms with E-state index < -0.39 is 54.2 Å². The number of hydrogen-bond acceptors (Lipinski definition) is 7. The number of esters is 2. The zero-order valence-corrected chi connectivity index (χ0v) is 19.3. The number of rotatable bonds is 7. The Hall–Kier alpha value is -1.67. The molecule has 0 radical (unpaired) electrons. The van der Waals surface area contributed by atoms with Crippen molar-refractivity contribution >= 4 is 17.8 Å². The molecule has 2 heterocycles. The summed E-state index contributed by atoms with van der Waals surface area (Å²) in [7, 11) is 0. The van der Waals surface area contributed by atoms with E-state index in [0.29, 0.717) is 6.42 Å². The number of carbonyl (C=O) groups is 3. The van der Waals surface area contributed by atoms with Gasteiger partial charge in [0.25, 0.3) is 5.91 Å². The Bertz CT molecular complexity index is 623. The highest BCUT2D eigenvalue weighted by atomic mass is 16.6. The summed E-state index contributed by atoms with van der Waals surface area (Å²) in [5.41, 5.74) is 0. The fourth-order valence-corrected chi connectivity index (χ4v) is 4.36. The summed E-state index contributed by atoms with van der Waals surface area (Å²) in [6.45, 7) is 7.39. The van der Waals surface area contributed by atoms with Crippen LogP contribution in [0.1, 0.15) is 79.1 Å². The number of unbranched alkanes of at least 4 members (excludes halogenated alkanes) is 4. The summed E-state index contributed by atoms with van der Waals surface area (Å²) in [6.07, 6.45) is 1.89. The van der Waals surface area contributed by atoms with Crippen LogP contribution in [0.5, 0.6) is 0 Å². The van der Waals surface area contributed by atoms with E-state index in [9.17, 15) is 24.6 Å². The van der Waals surface area contributed by atoms with Crippen molar-refractivity contribution in [1.29, 1.82) is 0 Å². The molecule has 2 N–H and O–H groups in total. The van der Waals surface area contributed by atoms with Crippen LogP contribution in [0.25, 0.3) is 0 Å². The van der Waals surface area contributed by atoms with Crippen LogP contribution in [-0.2, 0) is 23.9 Å². The number of nitrogens with zero attached hydrogens (tertiary/aromatic N) is 1. The van der Waals surface area contributed by atoms with Crippen molar-refractivity contribution in [3.8, 4) is 0 Å². The highest BCUT2D eigenvalue weighted by molar-refractivity contribution is 5.85. The van der Waals surface area contributed by atoms with Gasteiger partial charge in [0.2, 0.25) is 0 Å². The van der Waals surface area contributed by atoms with Gasteiger partial charge in [-0.2, -0.15) is 0 Å². The number of cyclic esters (lactones) is 2. The minimum atomic E-state index is -1.16. The van der Waals surface area contributed by atoms with E-state index in [-0.39, 0.29) is 25.3 Å². The van der Waals surface area contributed by atoms with E-state index in [2.05, 4.69) is 6.92 Å². The van der Waals surface area contributed by atoms with Crippen molar-refractivity contribution < 1.29 is 34.1 Å². The third-order valence-corrected chi connectivity index (χ3v) is 6.32. The molecule has 8 heteroatoms. The van der Waals surface area contributed by atoms with E-state index in [1.54, 1.807) is 20.8 Å². The van der Waals surface area contributed by atoms with Crippen LogP contribution < -0.4 is 0 Å². The summed E-state index contributed by atoms with van der Waals surface area (Å²) >= 11 is 0. The number of carbonyl (C=O) groups excluding carboxylic acids is 3. The van der Waals surface area contributed by atoms with E-state index in [1.807, 2.05) is 0 Å². The van der Waals surface area contributed by atoms with E-state index in [1.165, 1.54) is 4.90 Å². The molecule has 1 amide bonds. The van der Waals surface area contributed by atoms with Crippen molar-refractivity contribution in [1.82, 2.24) is 4.90 Å². The second-order valence-electron chi connectivity index (χ2n) is 9.34. The smallest absolute Gasteiger partial charge is 0.313 e. The summed E-state index contributed by atoms with van der Waals surface area (Å²) in [5, 5.41) is 20.7. The summed E-state index contributed by atoms with van der Waals surface area (Å²) in [6, 6.07) is -0.723. The molecule has 0 saturated carbocycles. The van der Waals surface area contributed by atoms with Crippen molar-refractivity contribution in [2.45, 2.75) is 110 Å². The topological polar surface area (TPSA) is 113 Å². The molecule has 2 aliphatic rings. The van der Waals surface area contributed by atoms with Crippen LogP contribution in [0, 0.1) is 11.8 Å². The molecular formula is C23H39NO7. The van der Waals surface area contributed by atoms with Gasteiger partial charge in [-0.05, 0) is 32.1 Å². The molecular weight excluding hydrogens is 402 g/mol. The molecule has 8 nitrogen and oxygen atoms in total. The van der Waals surface area contributed by atoms with Gasteiger partial charge in [-0.3, -0.25) is 14.4 Å². The summed E-state index contributed by atoms with van der Waals surface area (Å²) in [5.74, 6) is -2.63. The second kappa shape index (κ2) is 11.8. The molecule has 0 unspecified atom stereocenters. The summed E-state index contributed by atoms with van der Waals surface area (Å²) < 4.78 is 11.2. The van der Waals surface area contributed by atoms with Crippen LogP contribution in [0.15, 0.2) is 0 Å². The van der Waals surface area contributed by atoms with Gasteiger partial charge in [0.1, 0.15) is 6.10 Å². The molecule has 0 aromatic heterocycles. The molecule has 2 aliphatic heterocycles. The number of amides is 1. The van der Waals surface area contributed by atoms with Gasteiger partial charge in [0, 0.05) is 6.54 Å². The summed E-state index contributed by atoms with van der Waals surface area (Å²) in [4.78, 5) is 39.9. The first-order valence-electron chi connectivity index (χ1n) is 11.7. The largest absolute Gasteiger partial charge is 0.461 e.